The molecule has 0 unspecified atom stereocenters. The summed E-state index contributed by atoms with van der Waals surface area (Å²) in [7, 11) is 0. The Hall–Kier alpha value is -0.444. The smallest absolute Gasteiger partial charge is 0 e. The second kappa shape index (κ2) is 255. The summed E-state index contributed by atoms with van der Waals surface area (Å²) >= 11 is 0.688. The third-order valence-electron chi connectivity index (χ3n) is 0.556. The molecule has 0 aliphatic heterocycles. The van der Waals surface area contributed by atoms with Gasteiger partial charge in [0.15, 0.2) is 0 Å². The van der Waals surface area contributed by atoms with Crippen LogP contribution in [-0.2, 0) is 66.0 Å². The maximum atomic E-state index is 7.50. The maximum absolute atomic E-state index is 7.50. The summed E-state index contributed by atoms with van der Waals surface area (Å²) in [6.07, 6.45) is 0. The van der Waals surface area contributed by atoms with Crippen LogP contribution < -0.4 is 0 Å². The molecule has 1 radical (unpaired) electrons. The van der Waals surface area contributed by atoms with E-state index in [0.717, 1.165) is 0 Å². The first-order valence-corrected chi connectivity index (χ1v) is 7.54. The second-order valence-electron chi connectivity index (χ2n) is 1.41. The van der Waals surface area contributed by atoms with Gasteiger partial charge in [0.25, 0.3) is 0 Å². The van der Waals surface area contributed by atoms with Crippen LogP contribution in [0.4, 0.5) is 0 Å². The summed E-state index contributed by atoms with van der Waals surface area (Å²) in [5, 5.41) is 0. The molecule has 0 fully saturated rings. The van der Waals surface area contributed by atoms with E-state index < -0.39 is 0 Å². The van der Waals surface area contributed by atoms with E-state index in [2.05, 4.69) is 51.3 Å². The van der Waals surface area contributed by atoms with Crippen LogP contribution in [0.5, 0.6) is 0 Å². The summed E-state index contributed by atoms with van der Waals surface area (Å²) in [4.78, 5) is 0. The first-order valence-electron chi connectivity index (χ1n) is 3.79. The standard InChI is InChI=1S/C5H5.C2H6As.6CO.Fe.Mo/c1-2-4-5-3-1;1-3-2;6*1-2;;/h1-5H;1-2H3;;;;;;;;/q-1;;;;;;;;;. The van der Waals surface area contributed by atoms with Crippen molar-refractivity contribution in [1.82, 2.24) is 0 Å². The number of hydrogen-bond acceptors (Lipinski definition) is 0. The van der Waals surface area contributed by atoms with Crippen LogP contribution in [-0.4, -0.2) is 15.8 Å². The molecule has 0 aliphatic rings. The van der Waals surface area contributed by atoms with Gasteiger partial charge in [-0.25, -0.2) is 12.1 Å². The summed E-state index contributed by atoms with van der Waals surface area (Å²) in [6, 6.07) is 10.0. The van der Waals surface area contributed by atoms with Gasteiger partial charge in [-0.05, 0) is 0 Å². The zero-order valence-corrected chi connectivity index (χ0v) is 16.5. The van der Waals surface area contributed by atoms with E-state index in [-0.39, 0.29) is 38.1 Å². The molecule has 0 heterocycles. The molecular formula is C13H11AsFeMoO6-. The Balaban J connectivity index is -0.0000000130. The van der Waals surface area contributed by atoms with Crippen molar-refractivity contribution in [3.63, 3.8) is 0 Å². The molecule has 9 heteroatoms. The minimum atomic E-state index is 0. The van der Waals surface area contributed by atoms with Gasteiger partial charge in [0.2, 0.25) is 0 Å². The molecule has 0 spiro atoms. The van der Waals surface area contributed by atoms with E-state index in [9.17, 15) is 0 Å². The monoisotopic (exact) mass is 492 g/mol. The van der Waals surface area contributed by atoms with Gasteiger partial charge in [0, 0.05) is 38.1 Å². The van der Waals surface area contributed by atoms with Crippen LogP contribution in [0.2, 0.25) is 11.4 Å². The maximum Gasteiger partial charge on any atom is 0 e. The molecule has 1 aromatic carbocycles. The normalized spacial score (nSPS) is 3.18. The average molecular weight is 490 g/mol. The first kappa shape index (κ1) is 57.8. The zero-order chi connectivity index (χ0) is 18.2. The van der Waals surface area contributed by atoms with Crippen LogP contribution in [0.25, 0.3) is 0 Å². The van der Waals surface area contributed by atoms with Crippen molar-refractivity contribution in [3.8, 4) is 0 Å². The van der Waals surface area contributed by atoms with Crippen molar-refractivity contribution in [3.05, 3.63) is 70.2 Å². The van der Waals surface area contributed by atoms with E-state index in [4.69, 9.17) is 27.9 Å². The molecule has 22 heavy (non-hydrogen) atoms. The van der Waals surface area contributed by atoms with E-state index in [0.29, 0.717) is 15.8 Å². The topological polar surface area (TPSA) is 119 Å². The Morgan fingerprint density at radius 1 is 0.636 bits per heavy atom. The Bertz CT molecular complexity index is 240. The minimum Gasteiger partial charge on any atom is -0.214 e. The predicted octanol–water partition coefficient (Wildman–Crippen LogP) is 1.96. The summed E-state index contributed by atoms with van der Waals surface area (Å²) < 4.78 is 45.0. The van der Waals surface area contributed by atoms with E-state index in [1.165, 1.54) is 0 Å². The zero-order valence-electron chi connectivity index (χ0n) is 11.5. The molecule has 6 nitrogen and oxygen atoms in total. The Labute approximate surface area is 162 Å². The van der Waals surface area contributed by atoms with Crippen molar-refractivity contribution < 1.29 is 66.0 Å². The molecule has 119 valence electrons. The van der Waals surface area contributed by atoms with E-state index >= 15 is 0 Å². The summed E-state index contributed by atoms with van der Waals surface area (Å²) in [6.45, 7) is 27.0. The van der Waals surface area contributed by atoms with Crippen LogP contribution in [0.3, 0.4) is 0 Å². The molecule has 1 aromatic rings. The molecule has 0 bridgehead atoms. The molecule has 0 aromatic heterocycles. The van der Waals surface area contributed by atoms with Gasteiger partial charge >= 0.3 is 95.0 Å². The molecule has 0 atom stereocenters. The Morgan fingerprint density at radius 2 is 0.773 bits per heavy atom. The van der Waals surface area contributed by atoms with Crippen LogP contribution in [0, 0.1) is 39.9 Å². The van der Waals surface area contributed by atoms with Gasteiger partial charge < -0.3 is 0 Å². The fourth-order valence-electron chi connectivity index (χ4n) is 0.321. The van der Waals surface area contributed by atoms with Crippen molar-refractivity contribution in [2.75, 3.05) is 0 Å². The van der Waals surface area contributed by atoms with E-state index in [1.54, 1.807) is 0 Å². The van der Waals surface area contributed by atoms with Crippen LogP contribution in [0.15, 0.2) is 30.3 Å². The fraction of sp³-hybridized carbons (Fsp3) is 0.154. The molecule has 0 amide bonds. The average Bonchev–Trinajstić information content (AvgIpc) is 3.19. The number of rotatable bonds is 0. The van der Waals surface area contributed by atoms with Gasteiger partial charge in [0.05, 0.1) is 0 Å². The summed E-state index contributed by atoms with van der Waals surface area (Å²) in [5.74, 6) is 0. The molecule has 0 aliphatic carbocycles. The van der Waals surface area contributed by atoms with Gasteiger partial charge in [-0.2, -0.15) is 18.2 Å². The van der Waals surface area contributed by atoms with Gasteiger partial charge in [-0.3, -0.25) is 0 Å². The van der Waals surface area contributed by atoms with Crippen molar-refractivity contribution in [1.29, 1.82) is 0 Å². The summed E-state index contributed by atoms with van der Waals surface area (Å²) in [5.41, 5.74) is 4.44. The largest absolute Gasteiger partial charge is 0.214 e. The van der Waals surface area contributed by atoms with E-state index in [1.807, 2.05) is 30.3 Å². The second-order valence-corrected chi connectivity index (χ2v) is 3.29. The number of hydrogen-bond donors (Lipinski definition) is 0. The molecule has 0 saturated heterocycles. The SMILES string of the molecule is C[As]C.[C-]#[O+].[C-]#[O+].[C-]#[O+].[C-]#[O+].[C-]#[O+].[C-]#[O+].[Fe].[Mo].c1cc[cH-]c1. The molecular weight excluding hydrogens is 479 g/mol. The molecule has 0 N–H and O–H groups in total. The van der Waals surface area contributed by atoms with Crippen molar-refractivity contribution >= 4 is 15.8 Å². The van der Waals surface area contributed by atoms with Gasteiger partial charge in [0.1, 0.15) is 0 Å². The quantitative estimate of drug-likeness (QED) is 0.301. The van der Waals surface area contributed by atoms with Gasteiger partial charge in [-0.1, -0.05) is 0 Å². The predicted molar refractivity (Wildman–Crippen MR) is 63.1 cm³/mol. The minimum absolute atomic E-state index is 0. The Kier molecular flexibility index (Phi) is 669. The molecule has 0 saturated carbocycles. The first-order chi connectivity index (χ1) is 9.91. The van der Waals surface area contributed by atoms with Crippen molar-refractivity contribution in [2.45, 2.75) is 11.4 Å². The van der Waals surface area contributed by atoms with Crippen molar-refractivity contribution in [2.24, 2.45) is 0 Å². The third-order valence-corrected chi connectivity index (χ3v) is 0.556. The van der Waals surface area contributed by atoms with Gasteiger partial charge in [-0.15, -0.1) is 0 Å². The fourth-order valence-corrected chi connectivity index (χ4v) is 0.321. The Morgan fingerprint density at radius 3 is 0.818 bits per heavy atom. The third kappa shape index (κ3) is 324. The molecule has 1 rings (SSSR count). The van der Waals surface area contributed by atoms with Crippen LogP contribution >= 0.6 is 0 Å². The van der Waals surface area contributed by atoms with Crippen LogP contribution in [0.1, 0.15) is 0 Å².